The lowest BCUT2D eigenvalue weighted by Gasteiger charge is -2.23. The first-order valence-electron chi connectivity index (χ1n) is 16.8. The summed E-state index contributed by atoms with van der Waals surface area (Å²) in [6.45, 7) is 3.92. The normalized spacial score (nSPS) is 15.2. The van der Waals surface area contributed by atoms with E-state index in [0.717, 1.165) is 70.6 Å². The van der Waals surface area contributed by atoms with Crippen LogP contribution in [0.3, 0.4) is 0 Å². The van der Waals surface area contributed by atoms with Crippen LogP contribution in [0.4, 0.5) is 0 Å². The molecule has 0 aliphatic heterocycles. The van der Waals surface area contributed by atoms with Crippen LogP contribution in [0, 0.1) is 0 Å². The number of hydrogen-bond acceptors (Lipinski definition) is 6. The molecule has 0 fully saturated rings. The molecule has 0 aliphatic rings. The molecule has 0 aromatic heterocycles. The molecule has 0 aliphatic carbocycles. The first-order valence-corrected chi connectivity index (χ1v) is 18.3. The molecule has 43 heavy (non-hydrogen) atoms. The van der Waals surface area contributed by atoms with Crippen molar-refractivity contribution in [2.24, 2.45) is 5.73 Å². The van der Waals surface area contributed by atoms with Crippen molar-refractivity contribution in [3.63, 3.8) is 0 Å². The number of carbonyl (C=O) groups is 1. The van der Waals surface area contributed by atoms with E-state index < -0.39 is 20.0 Å². The number of rotatable bonds is 30. The van der Waals surface area contributed by atoms with Crippen LogP contribution in [-0.4, -0.2) is 47.8 Å². The van der Waals surface area contributed by atoms with E-state index in [0.29, 0.717) is 6.42 Å². The van der Waals surface area contributed by atoms with Gasteiger partial charge in [0.25, 0.3) is 0 Å². The van der Waals surface area contributed by atoms with Crippen LogP contribution in [0.2, 0.25) is 0 Å². The predicted molar refractivity (Wildman–Crippen MR) is 180 cm³/mol. The molecule has 9 heteroatoms. The fourth-order valence-corrected chi connectivity index (χ4v) is 5.14. The summed E-state index contributed by atoms with van der Waals surface area (Å²) in [5, 5.41) is 13.4. The highest BCUT2D eigenvalue weighted by Crippen LogP contribution is 2.43. The van der Waals surface area contributed by atoms with Gasteiger partial charge in [0.05, 0.1) is 25.4 Å². The van der Waals surface area contributed by atoms with Crippen molar-refractivity contribution < 1.29 is 28.4 Å². The molecule has 0 heterocycles. The van der Waals surface area contributed by atoms with Gasteiger partial charge in [0.1, 0.15) is 0 Å². The highest BCUT2D eigenvalue weighted by molar-refractivity contribution is 7.47. The molecule has 250 valence electrons. The number of amides is 1. The van der Waals surface area contributed by atoms with E-state index in [9.17, 15) is 19.4 Å². The molecule has 0 rings (SSSR count). The minimum Gasteiger partial charge on any atom is -0.387 e. The summed E-state index contributed by atoms with van der Waals surface area (Å²) in [5.74, 6) is -0.213. The Balaban J connectivity index is 4.27. The third-order valence-corrected chi connectivity index (χ3v) is 7.89. The number of carbonyl (C=O) groups excluding carboxylic acids is 1. The average molecular weight is 627 g/mol. The van der Waals surface area contributed by atoms with Gasteiger partial charge in [0.2, 0.25) is 5.91 Å². The predicted octanol–water partition coefficient (Wildman–Crippen LogP) is 8.21. The second kappa shape index (κ2) is 30.5. The van der Waals surface area contributed by atoms with Gasteiger partial charge in [-0.2, -0.15) is 0 Å². The van der Waals surface area contributed by atoms with Gasteiger partial charge in [-0.25, -0.2) is 4.57 Å². The van der Waals surface area contributed by atoms with Crippen LogP contribution < -0.4 is 11.1 Å². The monoisotopic (exact) mass is 626 g/mol. The Morgan fingerprint density at radius 2 is 1.35 bits per heavy atom. The maximum absolute atomic E-state index is 12.6. The fourth-order valence-electron chi connectivity index (χ4n) is 4.38. The maximum Gasteiger partial charge on any atom is 0.472 e. The summed E-state index contributed by atoms with van der Waals surface area (Å²) in [7, 11) is -4.32. The lowest BCUT2D eigenvalue weighted by Crippen LogP contribution is -2.45. The Bertz CT molecular complexity index is 815. The summed E-state index contributed by atoms with van der Waals surface area (Å²) < 4.78 is 21.9. The zero-order valence-corrected chi connectivity index (χ0v) is 28.1. The lowest BCUT2D eigenvalue weighted by atomic mass is 10.1. The van der Waals surface area contributed by atoms with Crippen molar-refractivity contribution in [1.82, 2.24) is 5.32 Å². The molecule has 0 aromatic carbocycles. The van der Waals surface area contributed by atoms with Crippen LogP contribution in [0.15, 0.2) is 48.6 Å². The molecule has 0 aromatic rings. The largest absolute Gasteiger partial charge is 0.472 e. The molecule has 0 saturated heterocycles. The van der Waals surface area contributed by atoms with Gasteiger partial charge in [-0.1, -0.05) is 120 Å². The van der Waals surface area contributed by atoms with Crippen molar-refractivity contribution in [3.8, 4) is 0 Å². The number of phosphoric ester groups is 1. The zero-order valence-electron chi connectivity index (χ0n) is 27.2. The van der Waals surface area contributed by atoms with Gasteiger partial charge >= 0.3 is 7.82 Å². The number of aliphatic hydroxyl groups excluding tert-OH is 1. The van der Waals surface area contributed by atoms with E-state index in [2.05, 4.69) is 55.6 Å². The van der Waals surface area contributed by atoms with E-state index in [4.69, 9.17) is 14.8 Å². The van der Waals surface area contributed by atoms with Crippen LogP contribution >= 0.6 is 7.82 Å². The maximum atomic E-state index is 12.6. The second-order valence-corrected chi connectivity index (χ2v) is 12.4. The Morgan fingerprint density at radius 1 is 0.791 bits per heavy atom. The molecule has 0 saturated carbocycles. The number of aliphatic hydroxyl groups is 1. The highest BCUT2D eigenvalue weighted by atomic mass is 31.2. The van der Waals surface area contributed by atoms with Crippen molar-refractivity contribution in [3.05, 3.63) is 48.6 Å². The minimum absolute atomic E-state index is 0.0743. The third kappa shape index (κ3) is 29.0. The molecule has 0 spiro atoms. The molecule has 1 amide bonds. The van der Waals surface area contributed by atoms with Crippen LogP contribution in [-0.2, 0) is 18.4 Å². The first kappa shape index (κ1) is 41.5. The fraction of sp³-hybridized carbons (Fsp3) is 0.735. The smallest absolute Gasteiger partial charge is 0.387 e. The van der Waals surface area contributed by atoms with Crippen LogP contribution in [0.1, 0.15) is 129 Å². The number of allylic oxidation sites excluding steroid dienone is 7. The minimum atomic E-state index is -4.32. The summed E-state index contributed by atoms with van der Waals surface area (Å²) in [5.41, 5.74) is 5.32. The SMILES string of the molecule is CC/C=C\C/C=C\C/C=C\CCCCCCCCCC(=O)NC(COP(=O)(O)OCCN)C(O)/C=C/CCCCCCC. The number of nitrogens with two attached hydrogens (primary N) is 1. The molecular weight excluding hydrogens is 563 g/mol. The molecule has 8 nitrogen and oxygen atoms in total. The highest BCUT2D eigenvalue weighted by Gasteiger charge is 2.26. The number of nitrogens with one attached hydrogen (secondary N) is 1. The average Bonchev–Trinajstić information content (AvgIpc) is 2.99. The van der Waals surface area contributed by atoms with Crippen molar-refractivity contribution in [2.45, 2.75) is 142 Å². The van der Waals surface area contributed by atoms with Gasteiger partial charge in [0.15, 0.2) is 0 Å². The second-order valence-electron chi connectivity index (χ2n) is 11.0. The van der Waals surface area contributed by atoms with Crippen molar-refractivity contribution in [1.29, 1.82) is 0 Å². The first-order chi connectivity index (χ1) is 20.9. The summed E-state index contributed by atoms with van der Waals surface area (Å²) in [6, 6.07) is -0.862. The van der Waals surface area contributed by atoms with Gasteiger partial charge in [-0.15, -0.1) is 0 Å². The Morgan fingerprint density at radius 3 is 1.98 bits per heavy atom. The van der Waals surface area contributed by atoms with E-state index in [1.54, 1.807) is 6.08 Å². The molecule has 0 bridgehead atoms. The van der Waals surface area contributed by atoms with Crippen molar-refractivity contribution >= 4 is 13.7 Å². The lowest BCUT2D eigenvalue weighted by molar-refractivity contribution is -0.123. The van der Waals surface area contributed by atoms with E-state index in [-0.39, 0.29) is 25.7 Å². The van der Waals surface area contributed by atoms with E-state index >= 15 is 0 Å². The van der Waals surface area contributed by atoms with E-state index in [1.807, 2.05) is 6.08 Å². The third-order valence-electron chi connectivity index (χ3n) is 6.91. The topological polar surface area (TPSA) is 131 Å². The van der Waals surface area contributed by atoms with Gasteiger partial charge < -0.3 is 21.1 Å². The van der Waals surface area contributed by atoms with Gasteiger partial charge in [-0.05, 0) is 51.4 Å². The summed E-state index contributed by atoms with van der Waals surface area (Å²) >= 11 is 0. The van der Waals surface area contributed by atoms with E-state index in [1.165, 1.54) is 38.5 Å². The van der Waals surface area contributed by atoms with Gasteiger partial charge in [0, 0.05) is 13.0 Å². The van der Waals surface area contributed by atoms with Crippen LogP contribution in [0.5, 0.6) is 0 Å². The van der Waals surface area contributed by atoms with Crippen molar-refractivity contribution in [2.75, 3.05) is 19.8 Å². The Kier molecular flexibility index (Phi) is 29.4. The zero-order chi connectivity index (χ0) is 31.9. The molecular formula is C34H63N2O6P. The summed E-state index contributed by atoms with van der Waals surface area (Å²) in [6.07, 6.45) is 34.6. The Hall–Kier alpha value is -1.54. The quantitative estimate of drug-likeness (QED) is 0.0359. The Labute approximate surface area is 262 Å². The number of phosphoric acid groups is 1. The standard InChI is InChI=1S/C34H63N2O6P/c1-3-5-7-9-11-12-13-14-15-16-17-18-19-20-22-24-26-28-34(38)36-32(31-42-43(39,40)41-30-29-35)33(37)27-25-23-21-10-8-6-4-2/h5,7,11-12,14-15,25,27,32-33,37H,3-4,6,8-10,13,16-24,26,28-31,35H2,1-2H3,(H,36,38)(H,39,40)/b7-5-,12-11-,15-14-,27-25+. The summed E-state index contributed by atoms with van der Waals surface area (Å²) in [4.78, 5) is 22.4. The van der Waals surface area contributed by atoms with Crippen LogP contribution in [0.25, 0.3) is 0 Å². The van der Waals surface area contributed by atoms with Gasteiger partial charge in [-0.3, -0.25) is 13.8 Å². The number of unbranched alkanes of at least 4 members (excludes halogenated alkanes) is 12. The molecule has 5 N–H and O–H groups in total. The molecule has 3 atom stereocenters. The number of hydrogen-bond donors (Lipinski definition) is 4. The molecule has 0 radical (unpaired) electrons. The molecule has 3 unspecified atom stereocenters.